The maximum atomic E-state index is 13.0. The fraction of sp³-hybridized carbons (Fsp3) is 0.238. The molecular weight excluding hydrogens is 326 g/mol. The van der Waals surface area contributed by atoms with E-state index in [4.69, 9.17) is 4.74 Å². The van der Waals surface area contributed by atoms with Crippen molar-refractivity contribution in [2.24, 2.45) is 0 Å². The number of hydrogen-bond acceptors (Lipinski definition) is 3. The second-order valence-electron chi connectivity index (χ2n) is 6.41. The lowest BCUT2D eigenvalue weighted by Crippen LogP contribution is -2.37. The van der Waals surface area contributed by atoms with Crippen LogP contribution in [0.3, 0.4) is 0 Å². The minimum Gasteiger partial charge on any atom is -0.363 e. The van der Waals surface area contributed by atoms with Gasteiger partial charge in [-0.2, -0.15) is 0 Å². The molecule has 0 radical (unpaired) electrons. The number of ether oxygens (including phenoxy) is 1. The van der Waals surface area contributed by atoms with Crippen LogP contribution in [-0.4, -0.2) is 22.5 Å². The second kappa shape index (κ2) is 7.54. The molecule has 0 fully saturated rings. The number of benzene rings is 2. The minimum atomic E-state index is -0.567. The molecule has 2 N–H and O–H groups in total. The third kappa shape index (κ3) is 3.53. The number of rotatable bonds is 5. The SMILES string of the molecule is O=C(N[C@H](Cc1ncc[nH]1)c1ccccc1)[C@H]1OCCc2ccccc21. The largest absolute Gasteiger partial charge is 0.363 e. The lowest BCUT2D eigenvalue weighted by molar-refractivity contribution is -0.134. The van der Waals surface area contributed by atoms with Crippen LogP contribution in [0.5, 0.6) is 0 Å². The highest BCUT2D eigenvalue weighted by Crippen LogP contribution is 2.28. The summed E-state index contributed by atoms with van der Waals surface area (Å²) in [5.74, 6) is 0.724. The van der Waals surface area contributed by atoms with Gasteiger partial charge in [-0.1, -0.05) is 54.6 Å². The fourth-order valence-corrected chi connectivity index (χ4v) is 3.40. The molecule has 26 heavy (non-hydrogen) atoms. The molecule has 2 aromatic carbocycles. The summed E-state index contributed by atoms with van der Waals surface area (Å²) in [5, 5.41) is 3.16. The van der Waals surface area contributed by atoms with Gasteiger partial charge < -0.3 is 15.0 Å². The van der Waals surface area contributed by atoms with Gasteiger partial charge in [-0.25, -0.2) is 4.98 Å². The first-order valence-electron chi connectivity index (χ1n) is 8.84. The number of H-pyrrole nitrogens is 1. The van der Waals surface area contributed by atoms with Crippen molar-refractivity contribution in [3.8, 4) is 0 Å². The van der Waals surface area contributed by atoms with E-state index in [-0.39, 0.29) is 11.9 Å². The van der Waals surface area contributed by atoms with Gasteiger partial charge in [0.2, 0.25) is 0 Å². The predicted molar refractivity (Wildman–Crippen MR) is 98.5 cm³/mol. The maximum Gasteiger partial charge on any atom is 0.254 e. The van der Waals surface area contributed by atoms with E-state index < -0.39 is 6.10 Å². The molecule has 4 rings (SSSR count). The van der Waals surface area contributed by atoms with Crippen molar-refractivity contribution < 1.29 is 9.53 Å². The van der Waals surface area contributed by atoms with E-state index >= 15 is 0 Å². The Morgan fingerprint density at radius 1 is 1.19 bits per heavy atom. The molecule has 5 heteroatoms. The highest BCUT2D eigenvalue weighted by atomic mass is 16.5. The molecule has 1 aliphatic heterocycles. The zero-order valence-electron chi connectivity index (χ0n) is 14.4. The molecule has 0 saturated heterocycles. The summed E-state index contributed by atoms with van der Waals surface area (Å²) in [4.78, 5) is 20.4. The van der Waals surface area contributed by atoms with Crippen molar-refractivity contribution in [1.29, 1.82) is 0 Å². The van der Waals surface area contributed by atoms with Gasteiger partial charge in [0.25, 0.3) is 5.91 Å². The quantitative estimate of drug-likeness (QED) is 0.745. The van der Waals surface area contributed by atoms with Gasteiger partial charge in [0.15, 0.2) is 6.10 Å². The van der Waals surface area contributed by atoms with Crippen LogP contribution >= 0.6 is 0 Å². The molecule has 132 valence electrons. The van der Waals surface area contributed by atoms with Crippen molar-refractivity contribution in [3.05, 3.63) is 89.5 Å². The van der Waals surface area contributed by atoms with Crippen molar-refractivity contribution in [1.82, 2.24) is 15.3 Å². The van der Waals surface area contributed by atoms with Gasteiger partial charge in [-0.15, -0.1) is 0 Å². The monoisotopic (exact) mass is 347 g/mol. The summed E-state index contributed by atoms with van der Waals surface area (Å²) in [7, 11) is 0. The number of nitrogens with zero attached hydrogens (tertiary/aromatic N) is 1. The highest BCUT2D eigenvalue weighted by Gasteiger charge is 2.29. The van der Waals surface area contributed by atoms with Crippen LogP contribution < -0.4 is 5.32 Å². The average molecular weight is 347 g/mol. The number of hydrogen-bond donors (Lipinski definition) is 2. The van der Waals surface area contributed by atoms with Crippen LogP contribution in [0.4, 0.5) is 0 Å². The number of aromatic amines is 1. The summed E-state index contributed by atoms with van der Waals surface area (Å²) < 4.78 is 5.80. The summed E-state index contributed by atoms with van der Waals surface area (Å²) in [6.07, 6.45) is 4.38. The number of amides is 1. The van der Waals surface area contributed by atoms with Crippen molar-refractivity contribution in [2.75, 3.05) is 6.61 Å². The summed E-state index contributed by atoms with van der Waals surface area (Å²) in [5.41, 5.74) is 3.18. The Kier molecular flexibility index (Phi) is 4.80. The number of carbonyl (C=O) groups excluding carboxylic acids is 1. The molecule has 0 unspecified atom stereocenters. The topological polar surface area (TPSA) is 67.0 Å². The fourth-order valence-electron chi connectivity index (χ4n) is 3.40. The van der Waals surface area contributed by atoms with E-state index in [9.17, 15) is 4.79 Å². The maximum absolute atomic E-state index is 13.0. The number of nitrogens with one attached hydrogen (secondary N) is 2. The van der Waals surface area contributed by atoms with E-state index in [1.54, 1.807) is 12.4 Å². The molecule has 1 aromatic heterocycles. The minimum absolute atomic E-state index is 0.113. The van der Waals surface area contributed by atoms with Gasteiger partial charge >= 0.3 is 0 Å². The van der Waals surface area contributed by atoms with E-state index in [0.29, 0.717) is 13.0 Å². The molecule has 5 nitrogen and oxygen atoms in total. The van der Waals surface area contributed by atoms with E-state index in [1.165, 1.54) is 5.56 Å². The molecule has 0 saturated carbocycles. The highest BCUT2D eigenvalue weighted by molar-refractivity contribution is 5.83. The third-order valence-corrected chi connectivity index (χ3v) is 4.70. The van der Waals surface area contributed by atoms with Gasteiger partial charge in [0.1, 0.15) is 5.82 Å². The van der Waals surface area contributed by atoms with Gasteiger partial charge in [-0.3, -0.25) is 4.79 Å². The van der Waals surface area contributed by atoms with Crippen LogP contribution in [0.15, 0.2) is 67.0 Å². The molecule has 2 atom stereocenters. The molecule has 1 amide bonds. The molecular formula is C21H21N3O2. The average Bonchev–Trinajstić information content (AvgIpc) is 3.21. The van der Waals surface area contributed by atoms with Crippen LogP contribution in [0, 0.1) is 0 Å². The Hall–Kier alpha value is -2.92. The van der Waals surface area contributed by atoms with E-state index in [2.05, 4.69) is 21.4 Å². The zero-order chi connectivity index (χ0) is 17.8. The Balaban J connectivity index is 1.57. The number of fused-ring (bicyclic) bond motifs is 1. The first-order chi connectivity index (χ1) is 12.8. The number of aromatic nitrogens is 2. The third-order valence-electron chi connectivity index (χ3n) is 4.70. The van der Waals surface area contributed by atoms with Gasteiger partial charge in [0, 0.05) is 18.8 Å². The number of imidazole rings is 1. The van der Waals surface area contributed by atoms with Crippen LogP contribution in [-0.2, 0) is 22.4 Å². The lowest BCUT2D eigenvalue weighted by atomic mass is 9.96. The Bertz CT molecular complexity index is 862. The van der Waals surface area contributed by atoms with Crippen molar-refractivity contribution in [3.63, 3.8) is 0 Å². The smallest absolute Gasteiger partial charge is 0.254 e. The predicted octanol–water partition coefficient (Wildman–Crippen LogP) is 3.12. The Morgan fingerprint density at radius 2 is 2.00 bits per heavy atom. The van der Waals surface area contributed by atoms with Crippen LogP contribution in [0.1, 0.15) is 34.7 Å². The normalized spacial score (nSPS) is 17.3. The first kappa shape index (κ1) is 16.5. The van der Waals surface area contributed by atoms with Crippen molar-refractivity contribution in [2.45, 2.75) is 25.0 Å². The molecule has 3 aromatic rings. The zero-order valence-corrected chi connectivity index (χ0v) is 14.4. The Morgan fingerprint density at radius 3 is 2.81 bits per heavy atom. The second-order valence-corrected chi connectivity index (χ2v) is 6.41. The van der Waals surface area contributed by atoms with E-state index in [0.717, 1.165) is 23.4 Å². The Labute approximate surface area is 152 Å². The van der Waals surface area contributed by atoms with Crippen LogP contribution in [0.25, 0.3) is 0 Å². The van der Waals surface area contributed by atoms with Gasteiger partial charge in [-0.05, 0) is 23.1 Å². The molecule has 0 aliphatic carbocycles. The van der Waals surface area contributed by atoms with Crippen LogP contribution in [0.2, 0.25) is 0 Å². The molecule has 0 spiro atoms. The van der Waals surface area contributed by atoms with Gasteiger partial charge in [0.05, 0.1) is 12.6 Å². The first-order valence-corrected chi connectivity index (χ1v) is 8.84. The summed E-state index contributed by atoms with van der Waals surface area (Å²) in [6.45, 7) is 0.559. The molecule has 1 aliphatic rings. The molecule has 0 bridgehead atoms. The summed E-state index contributed by atoms with van der Waals surface area (Å²) in [6, 6.07) is 17.8. The van der Waals surface area contributed by atoms with Crippen molar-refractivity contribution >= 4 is 5.91 Å². The summed E-state index contributed by atoms with van der Waals surface area (Å²) >= 11 is 0. The van der Waals surface area contributed by atoms with E-state index in [1.807, 2.05) is 48.5 Å². The number of carbonyl (C=O) groups is 1. The standard InChI is InChI=1S/C21H21N3O2/c25-21(20-17-9-5-4-6-15(17)10-13-26-20)24-18(14-19-22-11-12-23-19)16-7-2-1-3-8-16/h1-9,11-12,18,20H,10,13-14H2,(H,22,23)(H,24,25)/t18-,20+/m1/s1. The molecule has 2 heterocycles. The lowest BCUT2D eigenvalue weighted by Gasteiger charge is -2.27.